The van der Waals surface area contributed by atoms with Gasteiger partial charge in [-0.15, -0.1) is 0 Å². The van der Waals surface area contributed by atoms with E-state index in [0.29, 0.717) is 17.0 Å². The maximum absolute atomic E-state index is 13.5. The lowest BCUT2D eigenvalue weighted by Crippen LogP contribution is -2.37. The number of ketones is 1. The highest BCUT2D eigenvalue weighted by molar-refractivity contribution is 7.17. The van der Waals surface area contributed by atoms with E-state index >= 15 is 0 Å². The van der Waals surface area contributed by atoms with Crippen LogP contribution in [0.5, 0.6) is 5.75 Å². The Bertz CT molecular complexity index is 1380. The predicted octanol–water partition coefficient (Wildman–Crippen LogP) is 5.47. The number of hydrogen-bond donors (Lipinski definition) is 1. The topological polar surface area (TPSA) is 106 Å². The molecule has 2 heterocycles. The highest BCUT2D eigenvalue weighted by Crippen LogP contribution is 2.42. The number of rotatable bonds is 8. The first-order valence-electron chi connectivity index (χ1n) is 12.4. The van der Waals surface area contributed by atoms with E-state index in [2.05, 4.69) is 4.98 Å². The zero-order valence-corrected chi connectivity index (χ0v) is 22.7. The van der Waals surface area contributed by atoms with Crippen molar-refractivity contribution in [2.75, 3.05) is 11.5 Å². The van der Waals surface area contributed by atoms with Gasteiger partial charge in [-0.1, -0.05) is 48.6 Å². The Morgan fingerprint density at radius 1 is 1.08 bits per heavy atom. The van der Waals surface area contributed by atoms with Crippen molar-refractivity contribution in [1.82, 2.24) is 4.98 Å². The minimum Gasteiger partial charge on any atom is -0.507 e. The molecule has 2 atom stereocenters. The number of hydrogen-bond acceptors (Lipinski definition) is 8. The number of esters is 1. The summed E-state index contributed by atoms with van der Waals surface area (Å²) >= 11 is 0.991. The Hall–Kier alpha value is -3.98. The van der Waals surface area contributed by atoms with E-state index in [9.17, 15) is 19.5 Å². The van der Waals surface area contributed by atoms with Gasteiger partial charge in [0, 0.05) is 11.5 Å². The second-order valence-electron chi connectivity index (χ2n) is 9.23. The first-order chi connectivity index (χ1) is 18.1. The molecule has 198 valence electrons. The zero-order valence-electron chi connectivity index (χ0n) is 21.9. The van der Waals surface area contributed by atoms with Gasteiger partial charge in [-0.3, -0.25) is 14.5 Å². The van der Waals surface area contributed by atoms with Crippen molar-refractivity contribution in [2.45, 2.75) is 52.7 Å². The highest BCUT2D eigenvalue weighted by Gasteiger charge is 2.50. The molecule has 0 aliphatic carbocycles. The fourth-order valence-electron chi connectivity index (χ4n) is 4.47. The number of ether oxygens (including phenoxy) is 2. The number of anilines is 1. The molecule has 3 aromatic rings. The van der Waals surface area contributed by atoms with Crippen molar-refractivity contribution in [3.05, 3.63) is 81.9 Å². The summed E-state index contributed by atoms with van der Waals surface area (Å²) in [7, 11) is 0. The maximum Gasteiger partial charge on any atom is 0.350 e. The van der Waals surface area contributed by atoms with Crippen LogP contribution in [0.2, 0.25) is 0 Å². The van der Waals surface area contributed by atoms with E-state index < -0.39 is 23.7 Å². The third kappa shape index (κ3) is 5.19. The van der Waals surface area contributed by atoms with Gasteiger partial charge in [-0.2, -0.15) is 0 Å². The van der Waals surface area contributed by atoms with Crippen LogP contribution in [-0.4, -0.2) is 46.5 Å². The summed E-state index contributed by atoms with van der Waals surface area (Å²) in [5.74, 6) is -2.22. The molecule has 0 radical (unpaired) electrons. The van der Waals surface area contributed by atoms with Crippen LogP contribution in [0.25, 0.3) is 5.76 Å². The largest absolute Gasteiger partial charge is 0.507 e. The van der Waals surface area contributed by atoms with Crippen molar-refractivity contribution in [3.63, 3.8) is 0 Å². The second kappa shape index (κ2) is 11.2. The van der Waals surface area contributed by atoms with Crippen molar-refractivity contribution >= 4 is 39.9 Å². The van der Waals surface area contributed by atoms with Gasteiger partial charge in [0.25, 0.3) is 5.78 Å². The van der Waals surface area contributed by atoms with Crippen LogP contribution in [0.15, 0.2) is 60.2 Å². The lowest BCUT2D eigenvalue weighted by molar-refractivity contribution is -0.132. The number of carbonyl (C=O) groups excluding carboxylic acids is 3. The van der Waals surface area contributed by atoms with Crippen molar-refractivity contribution < 1.29 is 29.0 Å². The van der Waals surface area contributed by atoms with Crippen molar-refractivity contribution in [2.24, 2.45) is 0 Å². The average Bonchev–Trinajstić information content (AvgIpc) is 3.40. The summed E-state index contributed by atoms with van der Waals surface area (Å²) in [6.07, 6.45) is -0.0206. The molecule has 0 bridgehead atoms. The average molecular weight is 535 g/mol. The number of aliphatic hydroxyl groups excluding tert-OH is 1. The third-order valence-corrected chi connectivity index (χ3v) is 7.37. The highest BCUT2D eigenvalue weighted by atomic mass is 32.1. The molecule has 1 amide bonds. The van der Waals surface area contributed by atoms with Gasteiger partial charge in [0.1, 0.15) is 16.4 Å². The van der Waals surface area contributed by atoms with Gasteiger partial charge in [0.15, 0.2) is 5.13 Å². The standard InChI is InChI=1S/C29H30N2O6S/c1-6-36-28(35)26-18(5)30-29(38-26)31-23(17(4)19-10-8-7-9-11-19)22(25(33)27(31)34)24(32)20-12-14-21(15-13-20)37-16(2)3/h7-17,23,32H,6H2,1-5H3/b24-22+. The number of carbonyl (C=O) groups is 3. The summed E-state index contributed by atoms with van der Waals surface area (Å²) in [5, 5.41) is 11.6. The normalized spacial score (nSPS) is 17.6. The number of thiazole rings is 1. The molecule has 1 N–H and O–H groups in total. The maximum atomic E-state index is 13.5. The summed E-state index contributed by atoms with van der Waals surface area (Å²) in [4.78, 5) is 45.4. The molecule has 9 heteroatoms. The number of nitrogens with zero attached hydrogens (tertiary/aromatic N) is 2. The van der Waals surface area contributed by atoms with Gasteiger partial charge >= 0.3 is 11.9 Å². The molecule has 8 nitrogen and oxygen atoms in total. The van der Waals surface area contributed by atoms with Crippen molar-refractivity contribution in [3.8, 4) is 5.75 Å². The lowest BCUT2D eigenvalue weighted by atomic mass is 9.87. The second-order valence-corrected chi connectivity index (χ2v) is 10.2. The molecule has 4 rings (SSSR count). The zero-order chi connectivity index (χ0) is 27.6. The Morgan fingerprint density at radius 2 is 1.74 bits per heavy atom. The molecule has 0 saturated carbocycles. The van der Waals surface area contributed by atoms with Gasteiger partial charge in [0.05, 0.1) is 30.0 Å². The summed E-state index contributed by atoms with van der Waals surface area (Å²) in [6.45, 7) is 9.26. The van der Waals surface area contributed by atoms with E-state index in [1.165, 1.54) is 4.90 Å². The number of aliphatic hydroxyl groups is 1. The van der Waals surface area contributed by atoms with Crippen LogP contribution in [0.4, 0.5) is 5.13 Å². The first kappa shape index (κ1) is 27.1. The van der Waals surface area contributed by atoms with Crippen LogP contribution >= 0.6 is 11.3 Å². The Balaban J connectivity index is 1.84. The molecule has 38 heavy (non-hydrogen) atoms. The smallest absolute Gasteiger partial charge is 0.350 e. The first-order valence-corrected chi connectivity index (χ1v) is 13.2. The quantitative estimate of drug-likeness (QED) is 0.177. The Labute approximate surface area is 225 Å². The molecular formula is C29H30N2O6S. The van der Waals surface area contributed by atoms with Crippen LogP contribution in [0, 0.1) is 6.92 Å². The van der Waals surface area contributed by atoms with Crippen LogP contribution < -0.4 is 9.64 Å². The van der Waals surface area contributed by atoms with E-state index in [-0.39, 0.29) is 40.0 Å². The summed E-state index contributed by atoms with van der Waals surface area (Å²) < 4.78 is 10.8. The summed E-state index contributed by atoms with van der Waals surface area (Å²) in [5.41, 5.74) is 1.63. The van der Waals surface area contributed by atoms with Crippen molar-refractivity contribution in [1.29, 1.82) is 0 Å². The molecular weight excluding hydrogens is 504 g/mol. The molecule has 1 saturated heterocycles. The van der Waals surface area contributed by atoms with E-state index in [1.54, 1.807) is 38.1 Å². The molecule has 1 aromatic heterocycles. The minimum atomic E-state index is -0.857. The SMILES string of the molecule is CCOC(=O)c1sc(N2C(=O)C(=O)/C(=C(/O)c3ccc(OC(C)C)cc3)C2C(C)c2ccccc2)nc1C. The third-order valence-electron chi connectivity index (χ3n) is 6.24. The van der Waals surface area contributed by atoms with E-state index in [1.807, 2.05) is 51.1 Å². The van der Waals surface area contributed by atoms with Gasteiger partial charge in [0.2, 0.25) is 0 Å². The number of aryl methyl sites for hydroxylation is 1. The van der Waals surface area contributed by atoms with Crippen LogP contribution in [-0.2, 0) is 14.3 Å². The van der Waals surface area contributed by atoms with E-state index in [4.69, 9.17) is 9.47 Å². The monoisotopic (exact) mass is 534 g/mol. The van der Waals surface area contributed by atoms with Crippen LogP contribution in [0.3, 0.4) is 0 Å². The van der Waals surface area contributed by atoms with E-state index in [0.717, 1.165) is 16.9 Å². The number of amides is 1. The molecule has 1 aliphatic rings. The Kier molecular flexibility index (Phi) is 7.97. The number of Topliss-reactive ketones (excluding diaryl/α,β-unsaturated/α-hetero) is 1. The summed E-state index contributed by atoms with van der Waals surface area (Å²) in [6, 6.07) is 15.3. The van der Waals surface area contributed by atoms with Gasteiger partial charge < -0.3 is 14.6 Å². The molecule has 2 unspecified atom stereocenters. The van der Waals surface area contributed by atoms with Crippen LogP contribution in [0.1, 0.15) is 60.1 Å². The fraction of sp³-hybridized carbons (Fsp3) is 0.310. The minimum absolute atomic E-state index is 0.0191. The molecule has 0 spiro atoms. The molecule has 2 aromatic carbocycles. The lowest BCUT2D eigenvalue weighted by Gasteiger charge is -2.28. The van der Waals surface area contributed by atoms with Gasteiger partial charge in [-0.05, 0) is 57.5 Å². The predicted molar refractivity (Wildman–Crippen MR) is 146 cm³/mol. The number of benzene rings is 2. The fourth-order valence-corrected chi connectivity index (χ4v) is 5.47. The molecule has 1 fully saturated rings. The van der Waals surface area contributed by atoms with Gasteiger partial charge in [-0.25, -0.2) is 9.78 Å². The molecule has 1 aliphatic heterocycles. The Morgan fingerprint density at radius 3 is 2.34 bits per heavy atom. The number of aromatic nitrogens is 1.